The zero-order valence-corrected chi connectivity index (χ0v) is 17.2. The van der Waals surface area contributed by atoms with E-state index in [0.717, 1.165) is 11.1 Å². The Labute approximate surface area is 176 Å². The molecule has 7 nitrogen and oxygen atoms in total. The van der Waals surface area contributed by atoms with Crippen LogP contribution in [0.15, 0.2) is 60.7 Å². The van der Waals surface area contributed by atoms with Gasteiger partial charge in [0.2, 0.25) is 5.91 Å². The van der Waals surface area contributed by atoms with Gasteiger partial charge in [-0.3, -0.25) is 19.7 Å². The summed E-state index contributed by atoms with van der Waals surface area (Å²) in [6.07, 6.45) is 0.452. The molecule has 5 N–H and O–H groups in total. The van der Waals surface area contributed by atoms with Crippen molar-refractivity contribution in [3.8, 4) is 0 Å². The van der Waals surface area contributed by atoms with Crippen LogP contribution in [-0.4, -0.2) is 42.9 Å². The molecule has 0 heterocycles. The number of hydrogen-bond acceptors (Lipinski definition) is 6. The van der Waals surface area contributed by atoms with E-state index in [9.17, 15) is 14.4 Å². The first-order valence-electron chi connectivity index (χ1n) is 10.0. The van der Waals surface area contributed by atoms with Crippen molar-refractivity contribution < 1.29 is 19.1 Å². The molecule has 0 aliphatic rings. The molecule has 0 radical (unpaired) electrons. The second kappa shape index (κ2) is 11.2. The van der Waals surface area contributed by atoms with E-state index >= 15 is 0 Å². The average Bonchev–Trinajstić information content (AvgIpc) is 2.75. The fraction of sp³-hybridized carbons (Fsp3) is 0.348. The molecule has 2 rings (SSSR count). The van der Waals surface area contributed by atoms with Gasteiger partial charge in [0.25, 0.3) is 0 Å². The fourth-order valence-corrected chi connectivity index (χ4v) is 3.47. The molecular weight excluding hydrogens is 382 g/mol. The highest BCUT2D eigenvalue weighted by molar-refractivity contribution is 6.13. The van der Waals surface area contributed by atoms with Gasteiger partial charge in [0, 0.05) is 0 Å². The molecule has 0 aliphatic heterocycles. The standard InChI is InChI=1S/C23H29N3O4/c1-2-30-19(27)16-26-23(22(25)29,14-9-15-24)21(28)20(17-10-5-3-6-11-17)18-12-7-4-8-13-18/h3-8,10-13,20,26H,2,9,14-16,24H2,1H3,(H2,25,29)/t23-/m1/s1. The topological polar surface area (TPSA) is 125 Å². The third-order valence-corrected chi connectivity index (χ3v) is 4.96. The lowest BCUT2D eigenvalue weighted by Crippen LogP contribution is -2.63. The molecule has 0 fully saturated rings. The number of benzene rings is 2. The normalized spacial score (nSPS) is 12.9. The van der Waals surface area contributed by atoms with Crippen LogP contribution in [0.1, 0.15) is 36.8 Å². The number of carbonyl (C=O) groups is 3. The third kappa shape index (κ3) is 5.52. The van der Waals surface area contributed by atoms with E-state index in [0.29, 0.717) is 6.42 Å². The Morgan fingerprint density at radius 1 is 1.00 bits per heavy atom. The molecule has 2 aromatic rings. The molecular formula is C23H29N3O4. The van der Waals surface area contributed by atoms with E-state index < -0.39 is 29.1 Å². The van der Waals surface area contributed by atoms with Crippen molar-refractivity contribution in [2.45, 2.75) is 31.2 Å². The van der Waals surface area contributed by atoms with E-state index in [4.69, 9.17) is 16.2 Å². The van der Waals surface area contributed by atoms with Crippen LogP contribution in [0.2, 0.25) is 0 Å². The van der Waals surface area contributed by atoms with E-state index in [2.05, 4.69) is 5.32 Å². The zero-order chi connectivity index (χ0) is 22.0. The van der Waals surface area contributed by atoms with E-state index in [1.165, 1.54) is 0 Å². The van der Waals surface area contributed by atoms with Crippen LogP contribution in [-0.2, 0) is 19.1 Å². The van der Waals surface area contributed by atoms with Gasteiger partial charge < -0.3 is 16.2 Å². The smallest absolute Gasteiger partial charge is 0.319 e. The van der Waals surface area contributed by atoms with Crippen LogP contribution >= 0.6 is 0 Å². The van der Waals surface area contributed by atoms with Gasteiger partial charge in [0.15, 0.2) is 11.3 Å². The van der Waals surface area contributed by atoms with Gasteiger partial charge in [0.1, 0.15) is 0 Å². The molecule has 2 aromatic carbocycles. The lowest BCUT2D eigenvalue weighted by Gasteiger charge is -2.34. The Bertz CT molecular complexity index is 803. The van der Waals surface area contributed by atoms with Crippen LogP contribution in [0.3, 0.4) is 0 Å². The highest BCUT2D eigenvalue weighted by Gasteiger charge is 2.47. The summed E-state index contributed by atoms with van der Waals surface area (Å²) in [7, 11) is 0. The molecule has 7 heteroatoms. The minimum absolute atomic E-state index is 0.0766. The lowest BCUT2D eigenvalue weighted by molar-refractivity contribution is -0.143. The number of primary amides is 1. The minimum atomic E-state index is -1.76. The molecule has 0 unspecified atom stereocenters. The number of Topliss-reactive ketones (excluding diaryl/α,β-unsaturated/α-hetero) is 1. The number of rotatable bonds is 12. The summed E-state index contributed by atoms with van der Waals surface area (Å²) < 4.78 is 4.94. The van der Waals surface area contributed by atoms with Crippen molar-refractivity contribution >= 4 is 17.7 Å². The van der Waals surface area contributed by atoms with Gasteiger partial charge in [0.05, 0.1) is 19.1 Å². The molecule has 0 saturated heterocycles. The largest absolute Gasteiger partial charge is 0.465 e. The molecule has 1 atom stereocenters. The van der Waals surface area contributed by atoms with Gasteiger partial charge in [-0.25, -0.2) is 0 Å². The summed E-state index contributed by atoms with van der Waals surface area (Å²) in [4.78, 5) is 38.5. The third-order valence-electron chi connectivity index (χ3n) is 4.96. The zero-order valence-electron chi connectivity index (χ0n) is 17.2. The molecule has 160 valence electrons. The van der Waals surface area contributed by atoms with Crippen LogP contribution in [0.5, 0.6) is 0 Å². The Morgan fingerprint density at radius 3 is 1.97 bits per heavy atom. The molecule has 30 heavy (non-hydrogen) atoms. The number of nitrogens with two attached hydrogens (primary N) is 2. The van der Waals surface area contributed by atoms with Crippen molar-refractivity contribution in [1.29, 1.82) is 0 Å². The lowest BCUT2D eigenvalue weighted by atomic mass is 9.75. The molecule has 0 aliphatic carbocycles. The van der Waals surface area contributed by atoms with Crippen molar-refractivity contribution in [3.63, 3.8) is 0 Å². The number of ketones is 1. The maximum Gasteiger partial charge on any atom is 0.319 e. The van der Waals surface area contributed by atoms with Gasteiger partial charge in [-0.05, 0) is 37.4 Å². The van der Waals surface area contributed by atoms with Crippen molar-refractivity contribution in [2.75, 3.05) is 19.7 Å². The van der Waals surface area contributed by atoms with E-state index in [1.54, 1.807) is 6.92 Å². The predicted octanol–water partition coefficient (Wildman–Crippen LogP) is 1.50. The molecule has 0 spiro atoms. The fourth-order valence-electron chi connectivity index (χ4n) is 3.47. The monoisotopic (exact) mass is 411 g/mol. The second-order valence-electron chi connectivity index (χ2n) is 6.94. The Balaban J connectivity index is 2.52. The van der Waals surface area contributed by atoms with Crippen LogP contribution in [0, 0.1) is 0 Å². The van der Waals surface area contributed by atoms with Gasteiger partial charge in [-0.2, -0.15) is 0 Å². The van der Waals surface area contributed by atoms with Crippen LogP contribution in [0.25, 0.3) is 0 Å². The Kier molecular flexibility index (Phi) is 8.70. The number of esters is 1. The number of nitrogens with one attached hydrogen (secondary N) is 1. The summed E-state index contributed by atoms with van der Waals surface area (Å²) in [5.74, 6) is -2.58. The highest BCUT2D eigenvalue weighted by Crippen LogP contribution is 2.31. The van der Waals surface area contributed by atoms with Crippen molar-refractivity contribution in [1.82, 2.24) is 5.32 Å². The quantitative estimate of drug-likeness (QED) is 0.359. The minimum Gasteiger partial charge on any atom is -0.465 e. The molecule has 0 bridgehead atoms. The van der Waals surface area contributed by atoms with E-state index in [-0.39, 0.29) is 26.1 Å². The summed E-state index contributed by atoms with van der Waals surface area (Å²) in [6.45, 7) is 1.82. The Morgan fingerprint density at radius 2 is 1.53 bits per heavy atom. The maximum atomic E-state index is 13.9. The number of amides is 1. The average molecular weight is 412 g/mol. The Hall–Kier alpha value is -3.03. The highest BCUT2D eigenvalue weighted by atomic mass is 16.5. The summed E-state index contributed by atoms with van der Waals surface area (Å²) in [6, 6.07) is 18.3. The molecule has 0 aromatic heterocycles. The SMILES string of the molecule is CCOC(=O)CN[C@@](CCCN)(C(N)=O)C(=O)C(c1ccccc1)c1ccccc1. The maximum absolute atomic E-state index is 13.9. The summed E-state index contributed by atoms with van der Waals surface area (Å²) >= 11 is 0. The van der Waals surface area contributed by atoms with Crippen LogP contribution in [0.4, 0.5) is 0 Å². The number of ether oxygens (including phenoxy) is 1. The second-order valence-corrected chi connectivity index (χ2v) is 6.94. The first kappa shape index (κ1) is 23.3. The first-order valence-corrected chi connectivity index (χ1v) is 10.0. The molecule has 1 amide bonds. The first-order chi connectivity index (χ1) is 14.5. The summed E-state index contributed by atoms with van der Waals surface area (Å²) in [5, 5.41) is 2.82. The summed E-state index contributed by atoms with van der Waals surface area (Å²) in [5.41, 5.74) is 11.1. The van der Waals surface area contributed by atoms with E-state index in [1.807, 2.05) is 60.7 Å². The predicted molar refractivity (Wildman–Crippen MR) is 115 cm³/mol. The van der Waals surface area contributed by atoms with Crippen molar-refractivity contribution in [3.05, 3.63) is 71.8 Å². The van der Waals surface area contributed by atoms with Gasteiger partial charge >= 0.3 is 5.97 Å². The van der Waals surface area contributed by atoms with Gasteiger partial charge in [-0.15, -0.1) is 0 Å². The number of hydrogen-bond donors (Lipinski definition) is 3. The van der Waals surface area contributed by atoms with Gasteiger partial charge in [-0.1, -0.05) is 60.7 Å². The molecule has 0 saturated carbocycles. The van der Waals surface area contributed by atoms with Crippen molar-refractivity contribution in [2.24, 2.45) is 11.5 Å². The number of carbonyl (C=O) groups excluding carboxylic acids is 3. The van der Waals surface area contributed by atoms with Crippen LogP contribution < -0.4 is 16.8 Å².